The van der Waals surface area contributed by atoms with Crippen LogP contribution in [0.5, 0.6) is 0 Å². The van der Waals surface area contributed by atoms with Crippen molar-refractivity contribution < 1.29 is 9.59 Å². The van der Waals surface area contributed by atoms with Gasteiger partial charge >= 0.3 is 0 Å². The molecule has 0 aliphatic rings. The number of anilines is 3. The second-order valence-corrected chi connectivity index (χ2v) is 6.70. The maximum atomic E-state index is 11.7. The van der Waals surface area contributed by atoms with Gasteiger partial charge in [-0.1, -0.05) is 37.3 Å². The molecule has 2 aromatic heterocycles. The molecule has 28 heavy (non-hydrogen) atoms. The van der Waals surface area contributed by atoms with Crippen molar-refractivity contribution >= 4 is 40.0 Å². The third-order valence-corrected chi connectivity index (χ3v) is 4.61. The number of nitrogens with one attached hydrogen (secondary N) is 2. The second kappa shape index (κ2) is 8.44. The first-order valence-electron chi connectivity index (χ1n) is 8.49. The molecule has 0 saturated heterocycles. The standard InChI is InChI=1S/C18H19N7O2S/c1-2-11(16(19)26)22-13-9-21-15(17(20)27)18(23-13)24-14-8-12(25-28-14)10-6-4-3-5-7-10/h3-9,11H,2H2,1H3,(H2,19,26)(H2,20,27)(H2,22,23,24). The first-order chi connectivity index (χ1) is 13.5. The van der Waals surface area contributed by atoms with Gasteiger partial charge < -0.3 is 22.1 Å². The monoisotopic (exact) mass is 397 g/mol. The van der Waals surface area contributed by atoms with Crippen molar-refractivity contribution in [1.82, 2.24) is 14.3 Å². The Kier molecular flexibility index (Phi) is 5.80. The molecule has 0 radical (unpaired) electrons. The minimum absolute atomic E-state index is 0.0210. The number of carbonyl (C=O) groups is 2. The quantitative estimate of drug-likeness (QED) is 0.455. The summed E-state index contributed by atoms with van der Waals surface area (Å²) in [5.41, 5.74) is 12.5. The van der Waals surface area contributed by atoms with Gasteiger partial charge in [-0.2, -0.15) is 4.37 Å². The minimum Gasteiger partial charge on any atom is -0.368 e. The van der Waals surface area contributed by atoms with Crippen LogP contribution in [0, 0.1) is 0 Å². The van der Waals surface area contributed by atoms with E-state index in [0.717, 1.165) is 11.3 Å². The summed E-state index contributed by atoms with van der Waals surface area (Å²) in [6, 6.07) is 10.9. The number of amides is 2. The van der Waals surface area contributed by atoms with E-state index in [0.29, 0.717) is 17.2 Å². The first kappa shape index (κ1) is 19.2. The number of hydrogen-bond donors (Lipinski definition) is 4. The number of benzene rings is 1. The molecule has 0 saturated carbocycles. The van der Waals surface area contributed by atoms with E-state index in [1.165, 1.54) is 17.7 Å². The summed E-state index contributed by atoms with van der Waals surface area (Å²) < 4.78 is 4.40. The zero-order chi connectivity index (χ0) is 20.1. The molecular weight excluding hydrogens is 378 g/mol. The third kappa shape index (κ3) is 4.41. The molecule has 1 aromatic carbocycles. The summed E-state index contributed by atoms with van der Waals surface area (Å²) in [5, 5.41) is 6.59. The first-order valence-corrected chi connectivity index (χ1v) is 9.27. The topological polar surface area (TPSA) is 149 Å². The van der Waals surface area contributed by atoms with E-state index in [1.54, 1.807) is 0 Å². The van der Waals surface area contributed by atoms with Gasteiger partial charge in [0, 0.05) is 11.6 Å². The van der Waals surface area contributed by atoms with Gasteiger partial charge in [-0.3, -0.25) is 9.59 Å². The molecule has 6 N–H and O–H groups in total. The van der Waals surface area contributed by atoms with Crippen LogP contribution in [-0.4, -0.2) is 32.2 Å². The Bertz CT molecular complexity index is 991. The summed E-state index contributed by atoms with van der Waals surface area (Å²) in [6.07, 6.45) is 1.81. The molecule has 0 aliphatic heterocycles. The molecule has 2 amide bonds. The molecule has 10 heteroatoms. The fraction of sp³-hybridized carbons (Fsp3) is 0.167. The van der Waals surface area contributed by atoms with Crippen molar-refractivity contribution in [2.75, 3.05) is 10.6 Å². The van der Waals surface area contributed by atoms with Gasteiger partial charge in [0.15, 0.2) is 11.5 Å². The van der Waals surface area contributed by atoms with Crippen LogP contribution in [0.1, 0.15) is 23.8 Å². The average molecular weight is 397 g/mol. The van der Waals surface area contributed by atoms with Gasteiger partial charge in [0.1, 0.15) is 16.9 Å². The van der Waals surface area contributed by atoms with Gasteiger partial charge in [0.2, 0.25) is 5.91 Å². The van der Waals surface area contributed by atoms with Gasteiger partial charge in [-0.05, 0) is 18.0 Å². The van der Waals surface area contributed by atoms with Gasteiger partial charge in [-0.25, -0.2) is 9.97 Å². The van der Waals surface area contributed by atoms with E-state index < -0.39 is 17.9 Å². The van der Waals surface area contributed by atoms with Crippen LogP contribution in [0.2, 0.25) is 0 Å². The average Bonchev–Trinajstić information content (AvgIpc) is 3.15. The highest BCUT2D eigenvalue weighted by Crippen LogP contribution is 2.28. The molecule has 0 bridgehead atoms. The number of carbonyl (C=O) groups excluding carboxylic acids is 2. The summed E-state index contributed by atoms with van der Waals surface area (Å²) in [7, 11) is 0. The second-order valence-electron chi connectivity index (χ2n) is 5.89. The molecule has 3 aromatic rings. The van der Waals surface area contributed by atoms with E-state index in [4.69, 9.17) is 11.5 Å². The lowest BCUT2D eigenvalue weighted by Crippen LogP contribution is -2.35. The highest BCUT2D eigenvalue weighted by molar-refractivity contribution is 7.10. The van der Waals surface area contributed by atoms with Crippen molar-refractivity contribution in [3.05, 3.63) is 48.3 Å². The molecular formula is C18H19N7O2S. The number of aromatic nitrogens is 3. The van der Waals surface area contributed by atoms with E-state index in [-0.39, 0.29) is 11.5 Å². The Morgan fingerprint density at radius 2 is 1.96 bits per heavy atom. The van der Waals surface area contributed by atoms with Gasteiger partial charge in [-0.15, -0.1) is 0 Å². The van der Waals surface area contributed by atoms with Crippen LogP contribution in [-0.2, 0) is 4.79 Å². The van der Waals surface area contributed by atoms with Crippen molar-refractivity contribution in [3.63, 3.8) is 0 Å². The summed E-state index contributed by atoms with van der Waals surface area (Å²) in [5.74, 6) is -0.768. The summed E-state index contributed by atoms with van der Waals surface area (Å²) >= 11 is 1.21. The van der Waals surface area contributed by atoms with Crippen LogP contribution in [0.4, 0.5) is 16.6 Å². The van der Waals surface area contributed by atoms with Crippen LogP contribution in [0.25, 0.3) is 11.3 Å². The van der Waals surface area contributed by atoms with Crippen LogP contribution in [0.15, 0.2) is 42.6 Å². The Labute approximate surface area is 165 Å². The van der Waals surface area contributed by atoms with Crippen LogP contribution in [0.3, 0.4) is 0 Å². The lowest BCUT2D eigenvalue weighted by Gasteiger charge is -2.15. The number of rotatable bonds is 8. The maximum absolute atomic E-state index is 11.7. The normalized spacial score (nSPS) is 11.6. The highest BCUT2D eigenvalue weighted by Gasteiger charge is 2.18. The SMILES string of the molecule is CCC(Nc1cnc(C(N)=O)c(Nc2cc(-c3ccccc3)ns2)n1)C(N)=O. The molecule has 0 fully saturated rings. The lowest BCUT2D eigenvalue weighted by molar-refractivity contribution is -0.118. The Morgan fingerprint density at radius 1 is 1.21 bits per heavy atom. The number of primary amides is 2. The zero-order valence-corrected chi connectivity index (χ0v) is 15.9. The predicted octanol–water partition coefficient (Wildman–Crippen LogP) is 2.12. The largest absolute Gasteiger partial charge is 0.368 e. The van der Waals surface area contributed by atoms with E-state index in [9.17, 15) is 9.59 Å². The molecule has 2 heterocycles. The summed E-state index contributed by atoms with van der Waals surface area (Å²) in [6.45, 7) is 1.81. The smallest absolute Gasteiger partial charge is 0.271 e. The van der Waals surface area contributed by atoms with Crippen LogP contribution >= 0.6 is 11.5 Å². The zero-order valence-electron chi connectivity index (χ0n) is 15.0. The Morgan fingerprint density at radius 3 is 2.61 bits per heavy atom. The third-order valence-electron chi connectivity index (χ3n) is 3.90. The van der Waals surface area contributed by atoms with E-state index in [2.05, 4.69) is 25.0 Å². The predicted molar refractivity (Wildman–Crippen MR) is 108 cm³/mol. The van der Waals surface area contributed by atoms with Crippen molar-refractivity contribution in [3.8, 4) is 11.3 Å². The van der Waals surface area contributed by atoms with E-state index >= 15 is 0 Å². The molecule has 1 unspecified atom stereocenters. The maximum Gasteiger partial charge on any atom is 0.271 e. The van der Waals surface area contributed by atoms with Gasteiger partial charge in [0.05, 0.1) is 11.9 Å². The Balaban J connectivity index is 1.87. The van der Waals surface area contributed by atoms with E-state index in [1.807, 2.05) is 43.3 Å². The van der Waals surface area contributed by atoms with Crippen LogP contribution < -0.4 is 22.1 Å². The molecule has 1 atom stereocenters. The molecule has 9 nitrogen and oxygen atoms in total. The molecule has 144 valence electrons. The highest BCUT2D eigenvalue weighted by atomic mass is 32.1. The molecule has 0 aliphatic carbocycles. The molecule has 3 rings (SSSR count). The number of hydrogen-bond acceptors (Lipinski definition) is 8. The number of nitrogens with zero attached hydrogens (tertiary/aromatic N) is 3. The fourth-order valence-electron chi connectivity index (χ4n) is 2.47. The van der Waals surface area contributed by atoms with Crippen molar-refractivity contribution in [2.45, 2.75) is 19.4 Å². The van der Waals surface area contributed by atoms with Gasteiger partial charge in [0.25, 0.3) is 5.91 Å². The minimum atomic E-state index is -0.726. The van der Waals surface area contributed by atoms with Crippen molar-refractivity contribution in [1.29, 1.82) is 0 Å². The molecule has 0 spiro atoms. The lowest BCUT2D eigenvalue weighted by atomic mass is 10.2. The summed E-state index contributed by atoms with van der Waals surface area (Å²) in [4.78, 5) is 31.5. The fourth-order valence-corrected chi connectivity index (χ4v) is 3.14. The van der Waals surface area contributed by atoms with Crippen molar-refractivity contribution in [2.24, 2.45) is 11.5 Å². The number of nitrogens with two attached hydrogens (primary N) is 2. The Hall–Kier alpha value is -3.53.